The van der Waals surface area contributed by atoms with Crippen LogP contribution in [-0.2, 0) is 0 Å². The summed E-state index contributed by atoms with van der Waals surface area (Å²) in [4.78, 5) is 0. The van der Waals surface area contributed by atoms with E-state index in [1.165, 1.54) is 12.1 Å². The lowest BCUT2D eigenvalue weighted by Gasteiger charge is -2.09. The van der Waals surface area contributed by atoms with Gasteiger partial charge in [0.05, 0.1) is 11.3 Å². The van der Waals surface area contributed by atoms with Gasteiger partial charge in [-0.15, -0.1) is 0 Å². The molecule has 0 amide bonds. The molecule has 5 heteroatoms. The van der Waals surface area contributed by atoms with E-state index in [9.17, 15) is 4.39 Å². The minimum atomic E-state index is -0.532. The predicted molar refractivity (Wildman–Crippen MR) is 69.7 cm³/mol. The van der Waals surface area contributed by atoms with Crippen molar-refractivity contribution in [1.29, 1.82) is 5.26 Å². The second-order valence-corrected chi connectivity index (χ2v) is 4.37. The first-order chi connectivity index (χ1) is 8.61. The van der Waals surface area contributed by atoms with Gasteiger partial charge in [-0.1, -0.05) is 6.07 Å². The normalized spacial score (nSPS) is 9.83. The quantitative estimate of drug-likeness (QED) is 0.858. The summed E-state index contributed by atoms with van der Waals surface area (Å²) < 4.78 is 19.5. The van der Waals surface area contributed by atoms with E-state index in [0.717, 1.165) is 0 Å². The number of hydrogen-bond acceptors (Lipinski definition) is 3. The fraction of sp³-hybridized carbons (Fsp3) is 0. The van der Waals surface area contributed by atoms with Crippen molar-refractivity contribution in [3.8, 4) is 17.6 Å². The van der Waals surface area contributed by atoms with Gasteiger partial charge in [-0.05, 0) is 46.3 Å². The van der Waals surface area contributed by atoms with Gasteiger partial charge in [-0.3, -0.25) is 0 Å². The molecular formula is C13H8BrFN2O. The van der Waals surface area contributed by atoms with Crippen molar-refractivity contribution in [2.75, 3.05) is 5.73 Å². The molecule has 0 bridgehead atoms. The summed E-state index contributed by atoms with van der Waals surface area (Å²) >= 11 is 3.23. The van der Waals surface area contributed by atoms with E-state index in [1.807, 2.05) is 6.07 Å². The number of anilines is 1. The van der Waals surface area contributed by atoms with Crippen LogP contribution >= 0.6 is 15.9 Å². The van der Waals surface area contributed by atoms with Gasteiger partial charge in [0.25, 0.3) is 0 Å². The molecule has 2 aromatic rings. The minimum Gasteiger partial charge on any atom is -0.452 e. The van der Waals surface area contributed by atoms with Crippen LogP contribution < -0.4 is 10.5 Å². The number of para-hydroxylation sites is 1. The highest BCUT2D eigenvalue weighted by molar-refractivity contribution is 9.10. The van der Waals surface area contributed by atoms with Crippen molar-refractivity contribution in [3.05, 3.63) is 52.3 Å². The van der Waals surface area contributed by atoms with Crippen molar-refractivity contribution in [2.24, 2.45) is 0 Å². The molecule has 3 nitrogen and oxygen atoms in total. The Kier molecular flexibility index (Phi) is 3.49. The summed E-state index contributed by atoms with van der Waals surface area (Å²) in [7, 11) is 0. The topological polar surface area (TPSA) is 59.0 Å². The fourth-order valence-electron chi connectivity index (χ4n) is 1.40. The summed E-state index contributed by atoms with van der Waals surface area (Å²) in [5, 5.41) is 8.79. The van der Waals surface area contributed by atoms with Gasteiger partial charge < -0.3 is 10.5 Å². The zero-order chi connectivity index (χ0) is 13.1. The van der Waals surface area contributed by atoms with Crippen LogP contribution in [0, 0.1) is 17.1 Å². The Morgan fingerprint density at radius 3 is 2.67 bits per heavy atom. The van der Waals surface area contributed by atoms with Crippen LogP contribution in [-0.4, -0.2) is 0 Å². The second kappa shape index (κ2) is 5.07. The average Bonchev–Trinajstić information content (AvgIpc) is 2.34. The first-order valence-electron chi connectivity index (χ1n) is 5.03. The van der Waals surface area contributed by atoms with Gasteiger partial charge in [0.2, 0.25) is 0 Å². The SMILES string of the molecule is N#Cc1ccc(Oc2c(N)cccc2F)cc1Br. The maximum Gasteiger partial charge on any atom is 0.185 e. The molecule has 0 unspecified atom stereocenters. The largest absolute Gasteiger partial charge is 0.452 e. The summed E-state index contributed by atoms with van der Waals surface area (Å²) in [6.07, 6.45) is 0. The van der Waals surface area contributed by atoms with Crippen LogP contribution in [0.2, 0.25) is 0 Å². The summed E-state index contributed by atoms with van der Waals surface area (Å²) in [6.45, 7) is 0. The smallest absolute Gasteiger partial charge is 0.185 e. The Labute approximate surface area is 112 Å². The molecule has 0 atom stereocenters. The standard InChI is InChI=1S/C13H8BrFN2O/c14-10-6-9(5-4-8(10)7-16)18-13-11(15)2-1-3-12(13)17/h1-6H,17H2. The highest BCUT2D eigenvalue weighted by atomic mass is 79.9. The van der Waals surface area contributed by atoms with Crippen LogP contribution in [0.5, 0.6) is 11.5 Å². The lowest BCUT2D eigenvalue weighted by Crippen LogP contribution is -1.95. The van der Waals surface area contributed by atoms with Crippen molar-refractivity contribution in [3.63, 3.8) is 0 Å². The second-order valence-electron chi connectivity index (χ2n) is 3.51. The Bertz CT molecular complexity index is 617. The van der Waals surface area contributed by atoms with Crippen LogP contribution in [0.4, 0.5) is 10.1 Å². The monoisotopic (exact) mass is 306 g/mol. The Morgan fingerprint density at radius 1 is 1.28 bits per heavy atom. The van der Waals surface area contributed by atoms with Crippen molar-refractivity contribution < 1.29 is 9.13 Å². The molecule has 2 N–H and O–H groups in total. The molecule has 0 saturated carbocycles. The number of nitrogens with two attached hydrogens (primary N) is 1. The molecule has 0 heterocycles. The van der Waals surface area contributed by atoms with E-state index in [2.05, 4.69) is 15.9 Å². The summed E-state index contributed by atoms with van der Waals surface area (Å²) in [5.74, 6) is -0.151. The molecule has 0 aromatic heterocycles. The first kappa shape index (κ1) is 12.4. The molecule has 0 aliphatic rings. The predicted octanol–water partition coefficient (Wildman–Crippen LogP) is 3.83. The number of hydrogen-bond donors (Lipinski definition) is 1. The van der Waals surface area contributed by atoms with Crippen LogP contribution in [0.3, 0.4) is 0 Å². The fourth-order valence-corrected chi connectivity index (χ4v) is 1.85. The van der Waals surface area contributed by atoms with Gasteiger partial charge >= 0.3 is 0 Å². The molecule has 2 rings (SSSR count). The van der Waals surface area contributed by atoms with E-state index in [4.69, 9.17) is 15.7 Å². The number of benzene rings is 2. The van der Waals surface area contributed by atoms with Crippen LogP contribution in [0.25, 0.3) is 0 Å². The Balaban J connectivity index is 2.35. The van der Waals surface area contributed by atoms with Crippen molar-refractivity contribution >= 4 is 21.6 Å². The average molecular weight is 307 g/mol. The van der Waals surface area contributed by atoms with Crippen molar-refractivity contribution in [2.45, 2.75) is 0 Å². The molecule has 90 valence electrons. The molecule has 0 fully saturated rings. The summed E-state index contributed by atoms with van der Waals surface area (Å²) in [5.41, 5.74) is 6.33. The summed E-state index contributed by atoms with van der Waals surface area (Å²) in [6, 6.07) is 11.1. The molecule has 0 aliphatic carbocycles. The Morgan fingerprint density at radius 2 is 2.06 bits per heavy atom. The molecule has 0 aliphatic heterocycles. The molecule has 18 heavy (non-hydrogen) atoms. The molecular weight excluding hydrogens is 299 g/mol. The molecule has 2 aromatic carbocycles. The number of nitrogens with zero attached hydrogens (tertiary/aromatic N) is 1. The van der Waals surface area contributed by atoms with E-state index >= 15 is 0 Å². The zero-order valence-electron chi connectivity index (χ0n) is 9.15. The van der Waals surface area contributed by atoms with Gasteiger partial charge in [-0.25, -0.2) is 4.39 Å². The van der Waals surface area contributed by atoms with E-state index in [0.29, 0.717) is 15.8 Å². The van der Waals surface area contributed by atoms with E-state index in [1.54, 1.807) is 24.3 Å². The highest BCUT2D eigenvalue weighted by Crippen LogP contribution is 2.32. The van der Waals surface area contributed by atoms with Gasteiger partial charge in [-0.2, -0.15) is 5.26 Å². The van der Waals surface area contributed by atoms with Crippen molar-refractivity contribution in [1.82, 2.24) is 0 Å². The Hall–Kier alpha value is -2.06. The highest BCUT2D eigenvalue weighted by Gasteiger charge is 2.09. The first-order valence-corrected chi connectivity index (χ1v) is 5.82. The third-order valence-electron chi connectivity index (χ3n) is 2.28. The minimum absolute atomic E-state index is 0.0193. The van der Waals surface area contributed by atoms with Gasteiger partial charge in [0, 0.05) is 4.47 Å². The van der Waals surface area contributed by atoms with Crippen LogP contribution in [0.1, 0.15) is 5.56 Å². The van der Waals surface area contributed by atoms with Crippen LogP contribution in [0.15, 0.2) is 40.9 Å². The number of nitrogen functional groups attached to an aromatic ring is 1. The number of halogens is 2. The number of ether oxygens (including phenoxy) is 1. The van der Waals surface area contributed by atoms with E-state index < -0.39 is 5.82 Å². The third-order valence-corrected chi connectivity index (χ3v) is 2.93. The molecule has 0 spiro atoms. The maximum atomic E-state index is 13.5. The lowest BCUT2D eigenvalue weighted by atomic mass is 10.2. The third kappa shape index (κ3) is 2.44. The number of rotatable bonds is 2. The number of nitriles is 1. The maximum absolute atomic E-state index is 13.5. The zero-order valence-corrected chi connectivity index (χ0v) is 10.7. The molecule has 0 radical (unpaired) electrons. The van der Waals surface area contributed by atoms with Gasteiger partial charge in [0.1, 0.15) is 11.8 Å². The van der Waals surface area contributed by atoms with E-state index in [-0.39, 0.29) is 11.4 Å². The molecule has 0 saturated heterocycles. The van der Waals surface area contributed by atoms with Gasteiger partial charge in [0.15, 0.2) is 11.6 Å². The lowest BCUT2D eigenvalue weighted by molar-refractivity contribution is 0.444.